The smallest absolute Gasteiger partial charge is 0.295 e. The molecule has 2 heterocycles. The van der Waals surface area contributed by atoms with Crippen molar-refractivity contribution in [2.45, 2.75) is 52.0 Å². The van der Waals surface area contributed by atoms with E-state index in [4.69, 9.17) is 11.6 Å². The third kappa shape index (κ3) is 6.24. The van der Waals surface area contributed by atoms with E-state index in [1.165, 1.54) is 0 Å². The van der Waals surface area contributed by atoms with Crippen LogP contribution < -0.4 is 0 Å². The van der Waals surface area contributed by atoms with Gasteiger partial charge in [0.1, 0.15) is 11.8 Å². The highest BCUT2D eigenvalue weighted by atomic mass is 35.5. The number of unbranched alkanes of at least 4 members (excludes halogenated alkanes) is 2. The fourth-order valence-electron chi connectivity index (χ4n) is 4.28. The lowest BCUT2D eigenvalue weighted by Gasteiger charge is -2.27. The highest BCUT2D eigenvalue weighted by Crippen LogP contribution is 2.38. The van der Waals surface area contributed by atoms with Crippen molar-refractivity contribution in [3.63, 3.8) is 0 Å². The third-order valence-electron chi connectivity index (χ3n) is 6.15. The largest absolute Gasteiger partial charge is 0.507 e. The van der Waals surface area contributed by atoms with Crippen molar-refractivity contribution in [1.82, 2.24) is 14.8 Å². The van der Waals surface area contributed by atoms with Crippen LogP contribution in [0.15, 0.2) is 54.2 Å². The van der Waals surface area contributed by atoms with E-state index >= 15 is 0 Å². The van der Waals surface area contributed by atoms with Gasteiger partial charge in [0.2, 0.25) is 0 Å². The molecule has 1 amide bonds. The zero-order valence-electron chi connectivity index (χ0n) is 20.0. The Kier molecular flexibility index (Phi) is 9.66. The van der Waals surface area contributed by atoms with Gasteiger partial charge in [0.05, 0.1) is 11.3 Å². The molecule has 7 heteroatoms. The van der Waals surface area contributed by atoms with Gasteiger partial charge in [-0.15, -0.1) is 0 Å². The zero-order chi connectivity index (χ0) is 24.5. The van der Waals surface area contributed by atoms with Gasteiger partial charge in [0, 0.05) is 23.3 Å². The molecule has 1 aliphatic rings. The molecule has 0 bridgehead atoms. The van der Waals surface area contributed by atoms with Crippen LogP contribution in [0.1, 0.15) is 63.3 Å². The first-order valence-electron chi connectivity index (χ1n) is 12.2. The van der Waals surface area contributed by atoms with Crippen molar-refractivity contribution in [2.24, 2.45) is 0 Å². The van der Waals surface area contributed by atoms with Crippen LogP contribution in [-0.4, -0.2) is 57.8 Å². The molecule has 0 radical (unpaired) electrons. The summed E-state index contributed by atoms with van der Waals surface area (Å²) < 4.78 is 0. The molecule has 34 heavy (non-hydrogen) atoms. The number of carbonyl (C=O) groups is 2. The van der Waals surface area contributed by atoms with Crippen LogP contribution in [-0.2, 0) is 9.59 Å². The fourth-order valence-corrected chi connectivity index (χ4v) is 4.41. The molecule has 1 aromatic carbocycles. The number of ketones is 1. The lowest BCUT2D eigenvalue weighted by Crippen LogP contribution is -2.34. The van der Waals surface area contributed by atoms with E-state index in [0.29, 0.717) is 22.8 Å². The SMILES string of the molecule is CCCCN(CCCC)CCCN1C(=O)C(=O)/C(=C(\O)c2ccc(Cl)cc2)C1c1ccccn1. The number of aliphatic hydroxyl groups excluding tert-OH is 1. The number of Topliss-reactive ketones (excluding diaryl/α,β-unsaturated/α-hetero) is 1. The van der Waals surface area contributed by atoms with Crippen LogP contribution in [0.4, 0.5) is 0 Å². The van der Waals surface area contributed by atoms with Crippen LogP contribution >= 0.6 is 11.6 Å². The number of aromatic nitrogens is 1. The predicted octanol–water partition coefficient (Wildman–Crippen LogP) is 5.45. The van der Waals surface area contributed by atoms with Gasteiger partial charge < -0.3 is 14.9 Å². The lowest BCUT2D eigenvalue weighted by molar-refractivity contribution is -0.140. The second kappa shape index (κ2) is 12.7. The number of pyridine rings is 1. The zero-order valence-corrected chi connectivity index (χ0v) is 20.8. The number of halogens is 1. The highest BCUT2D eigenvalue weighted by molar-refractivity contribution is 6.46. The fraction of sp³-hybridized carbons (Fsp3) is 0.444. The number of hydrogen-bond donors (Lipinski definition) is 1. The van der Waals surface area contributed by atoms with Crippen molar-refractivity contribution >= 4 is 29.1 Å². The first kappa shape index (κ1) is 25.9. The maximum Gasteiger partial charge on any atom is 0.295 e. The monoisotopic (exact) mass is 483 g/mol. The molecular weight excluding hydrogens is 450 g/mol. The maximum atomic E-state index is 13.1. The van der Waals surface area contributed by atoms with Crippen LogP contribution in [0, 0.1) is 0 Å². The number of benzene rings is 1. The van der Waals surface area contributed by atoms with E-state index in [1.807, 2.05) is 6.07 Å². The Bertz CT molecular complexity index is 984. The van der Waals surface area contributed by atoms with Gasteiger partial charge in [0.15, 0.2) is 0 Å². The quantitative estimate of drug-likeness (QED) is 0.247. The summed E-state index contributed by atoms with van der Waals surface area (Å²) in [7, 11) is 0. The molecule has 1 saturated heterocycles. The molecule has 2 aromatic rings. The van der Waals surface area contributed by atoms with Crippen molar-refractivity contribution in [3.8, 4) is 0 Å². The minimum Gasteiger partial charge on any atom is -0.507 e. The molecule has 0 saturated carbocycles. The maximum absolute atomic E-state index is 13.1. The Balaban J connectivity index is 1.87. The van der Waals surface area contributed by atoms with Gasteiger partial charge in [-0.05, 0) is 75.3 Å². The van der Waals surface area contributed by atoms with Gasteiger partial charge >= 0.3 is 0 Å². The summed E-state index contributed by atoms with van der Waals surface area (Å²) in [6.07, 6.45) is 6.94. The van der Waals surface area contributed by atoms with Crippen LogP contribution in [0.2, 0.25) is 5.02 Å². The second-order valence-corrected chi connectivity index (χ2v) is 9.09. The first-order valence-corrected chi connectivity index (χ1v) is 12.5. The molecule has 1 N–H and O–H groups in total. The molecular formula is C27H34ClN3O3. The summed E-state index contributed by atoms with van der Waals surface area (Å²) in [5.41, 5.74) is 1.07. The Labute approximate surface area is 207 Å². The summed E-state index contributed by atoms with van der Waals surface area (Å²) in [6, 6.07) is 11.2. The van der Waals surface area contributed by atoms with Crippen molar-refractivity contribution in [3.05, 3.63) is 70.5 Å². The highest BCUT2D eigenvalue weighted by Gasteiger charge is 2.46. The van der Waals surface area contributed by atoms with E-state index in [1.54, 1.807) is 47.5 Å². The number of amides is 1. The number of hydrogen-bond acceptors (Lipinski definition) is 5. The molecule has 6 nitrogen and oxygen atoms in total. The topological polar surface area (TPSA) is 73.7 Å². The van der Waals surface area contributed by atoms with E-state index in [9.17, 15) is 14.7 Å². The van der Waals surface area contributed by atoms with Crippen LogP contribution in [0.5, 0.6) is 0 Å². The molecule has 1 fully saturated rings. The normalized spacial score (nSPS) is 17.6. The summed E-state index contributed by atoms with van der Waals surface area (Å²) in [5.74, 6) is -1.49. The second-order valence-electron chi connectivity index (χ2n) is 8.66. The van der Waals surface area contributed by atoms with E-state index in [2.05, 4.69) is 23.7 Å². The van der Waals surface area contributed by atoms with E-state index < -0.39 is 17.7 Å². The van der Waals surface area contributed by atoms with Gasteiger partial charge in [-0.3, -0.25) is 14.6 Å². The first-order chi connectivity index (χ1) is 16.5. The van der Waals surface area contributed by atoms with Gasteiger partial charge in [-0.2, -0.15) is 0 Å². The number of carbonyl (C=O) groups excluding carboxylic acids is 2. The molecule has 1 atom stereocenters. The molecule has 3 rings (SSSR count). The Morgan fingerprint density at radius 2 is 1.65 bits per heavy atom. The van der Waals surface area contributed by atoms with E-state index in [0.717, 1.165) is 51.7 Å². The Morgan fingerprint density at radius 1 is 1.00 bits per heavy atom. The molecule has 182 valence electrons. The molecule has 0 aliphatic carbocycles. The summed E-state index contributed by atoms with van der Waals surface area (Å²) in [5, 5.41) is 11.6. The summed E-state index contributed by atoms with van der Waals surface area (Å²) >= 11 is 5.98. The average Bonchev–Trinajstić information content (AvgIpc) is 3.11. The molecule has 0 spiro atoms. The molecule has 1 aromatic heterocycles. The van der Waals surface area contributed by atoms with Crippen molar-refractivity contribution in [1.29, 1.82) is 0 Å². The Hall–Kier alpha value is -2.70. The van der Waals surface area contributed by atoms with Crippen LogP contribution in [0.3, 0.4) is 0 Å². The molecule has 1 unspecified atom stereocenters. The minimum absolute atomic E-state index is 0.0693. The number of rotatable bonds is 12. The van der Waals surface area contributed by atoms with Crippen LogP contribution in [0.25, 0.3) is 5.76 Å². The van der Waals surface area contributed by atoms with Crippen molar-refractivity contribution < 1.29 is 14.7 Å². The minimum atomic E-state index is -0.725. The third-order valence-corrected chi connectivity index (χ3v) is 6.41. The van der Waals surface area contributed by atoms with Gasteiger partial charge in [-0.1, -0.05) is 44.4 Å². The Morgan fingerprint density at radius 3 is 2.24 bits per heavy atom. The molecule has 1 aliphatic heterocycles. The predicted molar refractivity (Wildman–Crippen MR) is 136 cm³/mol. The van der Waals surface area contributed by atoms with Crippen molar-refractivity contribution in [2.75, 3.05) is 26.2 Å². The lowest BCUT2D eigenvalue weighted by atomic mass is 9.98. The summed E-state index contributed by atoms with van der Waals surface area (Å²) in [4.78, 5) is 34.6. The number of nitrogens with zero attached hydrogens (tertiary/aromatic N) is 3. The standard InChI is InChI=1S/C27H34ClN3O3/c1-3-5-16-30(17-6-4-2)18-9-19-31-24(22-10-7-8-15-29-22)23(26(33)27(31)34)25(32)20-11-13-21(28)14-12-20/h7-8,10-15,24,32H,3-6,9,16-19H2,1-2H3/b25-23-. The van der Waals surface area contributed by atoms with E-state index in [-0.39, 0.29) is 11.3 Å². The van der Waals surface area contributed by atoms with Gasteiger partial charge in [0.25, 0.3) is 11.7 Å². The average molecular weight is 484 g/mol. The van der Waals surface area contributed by atoms with Gasteiger partial charge in [-0.25, -0.2) is 0 Å². The number of likely N-dealkylation sites (tertiary alicyclic amines) is 1. The summed E-state index contributed by atoms with van der Waals surface area (Å²) in [6.45, 7) is 7.72. The number of aliphatic hydroxyl groups is 1.